The maximum atomic E-state index is 5.51. The minimum absolute atomic E-state index is 0. The normalized spacial score (nSPS) is 21.4. The van der Waals surface area contributed by atoms with E-state index in [1.807, 2.05) is 0 Å². The Bertz CT molecular complexity index is 678. The van der Waals surface area contributed by atoms with Gasteiger partial charge in [0.25, 0.3) is 0 Å². The molecule has 1 N–H and O–H groups in total. The molecule has 4 rings (SSSR count). The Morgan fingerprint density at radius 1 is 1.07 bits per heavy atom. The topological polar surface area (TPSA) is 63.4 Å². The van der Waals surface area contributed by atoms with Crippen molar-refractivity contribution >= 4 is 12.4 Å². The average Bonchev–Trinajstić information content (AvgIpc) is 2.99. The van der Waals surface area contributed by atoms with Gasteiger partial charge in [-0.2, -0.15) is 4.98 Å². The monoisotopic (exact) mass is 392 g/mol. The number of hydrogen-bond donors (Lipinski definition) is 1. The number of aromatic nitrogens is 2. The molecule has 1 unspecified atom stereocenters. The summed E-state index contributed by atoms with van der Waals surface area (Å²) in [5.74, 6) is 2.11. The fourth-order valence-electron chi connectivity index (χ4n) is 3.77. The molecule has 1 aromatic heterocycles. The summed E-state index contributed by atoms with van der Waals surface area (Å²) in [6, 6.07) is 8.52. The highest BCUT2D eigenvalue weighted by Crippen LogP contribution is 2.22. The van der Waals surface area contributed by atoms with E-state index in [-0.39, 0.29) is 12.4 Å². The molecule has 148 valence electrons. The Balaban J connectivity index is 0.00000210. The third-order valence-corrected chi connectivity index (χ3v) is 5.35. The van der Waals surface area contributed by atoms with Gasteiger partial charge in [-0.05, 0) is 43.8 Å². The van der Waals surface area contributed by atoms with Crippen molar-refractivity contribution < 1.29 is 9.26 Å². The van der Waals surface area contributed by atoms with Crippen LogP contribution in [-0.4, -0.2) is 54.4 Å². The molecule has 0 saturated carbocycles. The summed E-state index contributed by atoms with van der Waals surface area (Å²) < 4.78 is 10.9. The SMILES string of the molecule is Cl.c1cc(-c2noc(CC3CCCNCC3)n2)ccc1CN1CCOCC1. The number of nitrogens with zero attached hydrogens (tertiary/aromatic N) is 3. The molecule has 2 aromatic rings. The predicted octanol–water partition coefficient (Wildman–Crippen LogP) is 2.92. The Morgan fingerprint density at radius 2 is 1.89 bits per heavy atom. The number of rotatable bonds is 5. The van der Waals surface area contributed by atoms with Crippen LogP contribution < -0.4 is 5.32 Å². The van der Waals surface area contributed by atoms with Crippen molar-refractivity contribution in [3.8, 4) is 11.4 Å². The van der Waals surface area contributed by atoms with Gasteiger partial charge in [-0.25, -0.2) is 0 Å². The second-order valence-electron chi connectivity index (χ2n) is 7.35. The van der Waals surface area contributed by atoms with Crippen LogP contribution in [0.4, 0.5) is 0 Å². The summed E-state index contributed by atoms with van der Waals surface area (Å²) >= 11 is 0. The zero-order valence-corrected chi connectivity index (χ0v) is 16.5. The highest BCUT2D eigenvalue weighted by atomic mass is 35.5. The maximum absolute atomic E-state index is 5.51. The van der Waals surface area contributed by atoms with Crippen molar-refractivity contribution in [3.63, 3.8) is 0 Å². The van der Waals surface area contributed by atoms with E-state index >= 15 is 0 Å². The van der Waals surface area contributed by atoms with Crippen LogP contribution in [0, 0.1) is 5.92 Å². The number of halogens is 1. The van der Waals surface area contributed by atoms with Crippen LogP contribution in [0.5, 0.6) is 0 Å². The van der Waals surface area contributed by atoms with Crippen molar-refractivity contribution in [2.45, 2.75) is 32.2 Å². The van der Waals surface area contributed by atoms with Gasteiger partial charge in [0, 0.05) is 31.6 Å². The van der Waals surface area contributed by atoms with E-state index in [1.165, 1.54) is 24.8 Å². The smallest absolute Gasteiger partial charge is 0.227 e. The maximum Gasteiger partial charge on any atom is 0.227 e. The molecule has 7 heteroatoms. The summed E-state index contributed by atoms with van der Waals surface area (Å²) in [4.78, 5) is 7.05. The highest BCUT2D eigenvalue weighted by Gasteiger charge is 2.17. The molecule has 27 heavy (non-hydrogen) atoms. The predicted molar refractivity (Wildman–Crippen MR) is 107 cm³/mol. The number of benzene rings is 1. The largest absolute Gasteiger partial charge is 0.379 e. The van der Waals surface area contributed by atoms with Crippen molar-refractivity contribution in [3.05, 3.63) is 35.7 Å². The summed E-state index contributed by atoms with van der Waals surface area (Å²) in [7, 11) is 0. The second kappa shape index (κ2) is 10.2. The lowest BCUT2D eigenvalue weighted by Crippen LogP contribution is -2.35. The molecule has 2 fully saturated rings. The first kappa shape index (κ1) is 20.3. The molecule has 1 aromatic carbocycles. The fraction of sp³-hybridized carbons (Fsp3) is 0.600. The first-order chi connectivity index (χ1) is 12.9. The van der Waals surface area contributed by atoms with E-state index in [9.17, 15) is 0 Å². The molecule has 2 saturated heterocycles. The quantitative estimate of drug-likeness (QED) is 0.844. The summed E-state index contributed by atoms with van der Waals surface area (Å²) in [5.41, 5.74) is 2.33. The Hall–Kier alpha value is -1.47. The molecular weight excluding hydrogens is 364 g/mol. The van der Waals surface area contributed by atoms with Crippen LogP contribution in [0.25, 0.3) is 11.4 Å². The van der Waals surface area contributed by atoms with Gasteiger partial charge in [0.05, 0.1) is 13.2 Å². The van der Waals surface area contributed by atoms with E-state index in [2.05, 4.69) is 44.6 Å². The van der Waals surface area contributed by atoms with E-state index in [0.29, 0.717) is 11.7 Å². The molecule has 0 aliphatic carbocycles. The van der Waals surface area contributed by atoms with E-state index in [4.69, 9.17) is 9.26 Å². The first-order valence-electron chi connectivity index (χ1n) is 9.79. The molecule has 0 bridgehead atoms. The molecular formula is C20H29ClN4O2. The molecule has 1 atom stereocenters. The third-order valence-electron chi connectivity index (χ3n) is 5.35. The molecule has 2 aliphatic rings. The summed E-state index contributed by atoms with van der Waals surface area (Å²) in [6.45, 7) is 6.87. The van der Waals surface area contributed by atoms with Crippen molar-refractivity contribution in [2.75, 3.05) is 39.4 Å². The van der Waals surface area contributed by atoms with Crippen LogP contribution in [0.15, 0.2) is 28.8 Å². The number of nitrogens with one attached hydrogen (secondary N) is 1. The van der Waals surface area contributed by atoms with Gasteiger partial charge in [-0.15, -0.1) is 12.4 Å². The molecule has 6 nitrogen and oxygen atoms in total. The number of hydrogen-bond acceptors (Lipinski definition) is 6. The zero-order chi connectivity index (χ0) is 17.6. The standard InChI is InChI=1S/C20H28N4O2.ClH/c1-2-16(7-9-21-8-1)14-19-22-20(23-26-19)18-5-3-17(4-6-18)15-24-10-12-25-13-11-24;/h3-6,16,21H,1-2,7-15H2;1H. The van der Waals surface area contributed by atoms with Gasteiger partial charge in [-0.3, -0.25) is 4.90 Å². The van der Waals surface area contributed by atoms with Gasteiger partial charge < -0.3 is 14.6 Å². The molecule has 0 radical (unpaired) electrons. The van der Waals surface area contributed by atoms with Gasteiger partial charge in [0.2, 0.25) is 11.7 Å². The highest BCUT2D eigenvalue weighted by molar-refractivity contribution is 5.85. The number of morpholine rings is 1. The van der Waals surface area contributed by atoms with Crippen molar-refractivity contribution in [1.29, 1.82) is 0 Å². The minimum atomic E-state index is 0. The first-order valence-corrected chi connectivity index (χ1v) is 9.79. The van der Waals surface area contributed by atoms with Crippen LogP contribution in [0.2, 0.25) is 0 Å². The Labute approximate surface area is 167 Å². The van der Waals surface area contributed by atoms with Crippen LogP contribution in [0.1, 0.15) is 30.7 Å². The fourth-order valence-corrected chi connectivity index (χ4v) is 3.77. The second-order valence-corrected chi connectivity index (χ2v) is 7.35. The van der Waals surface area contributed by atoms with Crippen LogP contribution in [0.3, 0.4) is 0 Å². The zero-order valence-electron chi connectivity index (χ0n) is 15.7. The van der Waals surface area contributed by atoms with Gasteiger partial charge in [0.15, 0.2) is 0 Å². The van der Waals surface area contributed by atoms with Gasteiger partial charge >= 0.3 is 0 Å². The lowest BCUT2D eigenvalue weighted by molar-refractivity contribution is 0.0342. The molecule has 2 aliphatic heterocycles. The lowest BCUT2D eigenvalue weighted by Gasteiger charge is -2.26. The third kappa shape index (κ3) is 5.75. The van der Waals surface area contributed by atoms with Crippen molar-refractivity contribution in [1.82, 2.24) is 20.4 Å². The van der Waals surface area contributed by atoms with E-state index in [1.54, 1.807) is 0 Å². The Morgan fingerprint density at radius 3 is 2.70 bits per heavy atom. The Kier molecular flexibility index (Phi) is 7.64. The van der Waals surface area contributed by atoms with E-state index in [0.717, 1.165) is 63.8 Å². The van der Waals surface area contributed by atoms with E-state index < -0.39 is 0 Å². The molecule has 0 amide bonds. The minimum Gasteiger partial charge on any atom is -0.379 e. The van der Waals surface area contributed by atoms with Crippen LogP contribution in [-0.2, 0) is 17.7 Å². The van der Waals surface area contributed by atoms with Crippen LogP contribution >= 0.6 is 12.4 Å². The summed E-state index contributed by atoms with van der Waals surface area (Å²) in [6.07, 6.45) is 4.55. The molecule has 3 heterocycles. The number of ether oxygens (including phenoxy) is 1. The van der Waals surface area contributed by atoms with Gasteiger partial charge in [0.1, 0.15) is 0 Å². The molecule has 0 spiro atoms. The van der Waals surface area contributed by atoms with Gasteiger partial charge in [-0.1, -0.05) is 29.4 Å². The lowest BCUT2D eigenvalue weighted by atomic mass is 9.97. The van der Waals surface area contributed by atoms with Crippen molar-refractivity contribution in [2.24, 2.45) is 5.92 Å². The summed E-state index contributed by atoms with van der Waals surface area (Å²) in [5, 5.41) is 7.64. The average molecular weight is 393 g/mol.